The normalized spacial score (nSPS) is 21.2. The third-order valence-electron chi connectivity index (χ3n) is 2.77. The Morgan fingerprint density at radius 2 is 2.13 bits per heavy atom. The fourth-order valence-electron chi connectivity index (χ4n) is 1.87. The van der Waals surface area contributed by atoms with E-state index in [2.05, 4.69) is 25.8 Å². The van der Waals surface area contributed by atoms with E-state index in [0.717, 1.165) is 25.3 Å². The van der Waals surface area contributed by atoms with Gasteiger partial charge < -0.3 is 0 Å². The molecule has 1 rings (SSSR count). The van der Waals surface area contributed by atoms with Crippen LogP contribution in [0.3, 0.4) is 0 Å². The molecule has 1 aliphatic heterocycles. The van der Waals surface area contributed by atoms with E-state index in [1.54, 1.807) is 0 Å². The van der Waals surface area contributed by atoms with Crippen molar-refractivity contribution in [2.24, 2.45) is 15.9 Å². The van der Waals surface area contributed by atoms with Gasteiger partial charge in [0.15, 0.2) is 0 Å². The Kier molecular flexibility index (Phi) is 5.59. The zero-order chi connectivity index (χ0) is 11.1. The van der Waals surface area contributed by atoms with Crippen molar-refractivity contribution in [3.63, 3.8) is 0 Å². The van der Waals surface area contributed by atoms with Crippen molar-refractivity contribution in [1.29, 1.82) is 0 Å². The molecule has 1 unspecified atom stereocenters. The summed E-state index contributed by atoms with van der Waals surface area (Å²) < 4.78 is 0. The number of rotatable bonds is 5. The molecule has 0 aromatic carbocycles. The summed E-state index contributed by atoms with van der Waals surface area (Å²) in [6.45, 7) is 7.64. The van der Waals surface area contributed by atoms with E-state index in [1.807, 2.05) is 6.21 Å². The van der Waals surface area contributed by atoms with Gasteiger partial charge in [0.05, 0.1) is 6.54 Å². The molecule has 0 radical (unpaired) electrons. The molecule has 1 atom stereocenters. The molecule has 1 heterocycles. The zero-order valence-electron chi connectivity index (χ0n) is 10.4. The molecule has 86 valence electrons. The third-order valence-corrected chi connectivity index (χ3v) is 2.77. The third kappa shape index (κ3) is 5.71. The minimum absolute atomic E-state index is 0.493. The molecule has 15 heavy (non-hydrogen) atoms. The van der Waals surface area contributed by atoms with Gasteiger partial charge in [0.25, 0.3) is 0 Å². The molecule has 0 N–H and O–H groups in total. The molecule has 0 aliphatic carbocycles. The highest BCUT2D eigenvalue weighted by Gasteiger charge is 2.06. The fourth-order valence-corrected chi connectivity index (χ4v) is 1.87. The molecule has 2 nitrogen and oxygen atoms in total. The Balaban J connectivity index is 2.22. The van der Waals surface area contributed by atoms with Crippen molar-refractivity contribution < 1.29 is 0 Å². The molecule has 0 aromatic heterocycles. The van der Waals surface area contributed by atoms with Crippen molar-refractivity contribution in [1.82, 2.24) is 0 Å². The lowest BCUT2D eigenvalue weighted by atomic mass is 10.0. The minimum atomic E-state index is 0.493. The van der Waals surface area contributed by atoms with E-state index in [4.69, 9.17) is 4.99 Å². The Morgan fingerprint density at radius 1 is 1.33 bits per heavy atom. The molecule has 0 spiro atoms. The Bertz CT molecular complexity index is 229. The van der Waals surface area contributed by atoms with Crippen molar-refractivity contribution in [3.05, 3.63) is 0 Å². The second-order valence-electron chi connectivity index (χ2n) is 4.93. The quantitative estimate of drug-likeness (QED) is 0.660. The highest BCUT2D eigenvalue weighted by molar-refractivity contribution is 5.91. The molecule has 0 fully saturated rings. The number of hydrogen-bond donors (Lipinski definition) is 0. The fraction of sp³-hybridized carbons (Fsp3) is 0.846. The summed E-state index contributed by atoms with van der Waals surface area (Å²) in [6.07, 6.45) is 8.08. The standard InChI is InChI=1S/C13H24N2/c1-11(2)6-4-7-12(3)15-13-8-5-9-14-10-13/h9,11-12H,4-8,10H2,1-3H3. The van der Waals surface area contributed by atoms with Crippen LogP contribution in [0.1, 0.15) is 52.9 Å². The SMILES string of the molecule is CC(C)CCCC(C)N=C1CCC=NC1. The second kappa shape index (κ2) is 6.76. The largest absolute Gasteiger partial charge is 0.292 e. The van der Waals surface area contributed by atoms with E-state index in [1.165, 1.54) is 25.0 Å². The summed E-state index contributed by atoms with van der Waals surface area (Å²) in [4.78, 5) is 9.00. The van der Waals surface area contributed by atoms with Gasteiger partial charge in [-0.2, -0.15) is 0 Å². The number of nitrogens with zero attached hydrogens (tertiary/aromatic N) is 2. The first-order chi connectivity index (χ1) is 7.18. The second-order valence-corrected chi connectivity index (χ2v) is 4.93. The molecule has 0 amide bonds. The van der Waals surface area contributed by atoms with Crippen LogP contribution in [0.5, 0.6) is 0 Å². The van der Waals surface area contributed by atoms with Crippen LogP contribution in [0.15, 0.2) is 9.98 Å². The highest BCUT2D eigenvalue weighted by atomic mass is 14.8. The van der Waals surface area contributed by atoms with Gasteiger partial charge in [-0.05, 0) is 38.3 Å². The van der Waals surface area contributed by atoms with Gasteiger partial charge in [0.1, 0.15) is 0 Å². The number of aliphatic imine (C=N–C) groups is 2. The maximum atomic E-state index is 4.74. The molecular formula is C13H24N2. The lowest BCUT2D eigenvalue weighted by Crippen LogP contribution is -2.12. The summed E-state index contributed by atoms with van der Waals surface area (Å²) in [5, 5.41) is 0. The zero-order valence-corrected chi connectivity index (χ0v) is 10.4. The van der Waals surface area contributed by atoms with Gasteiger partial charge in [-0.1, -0.05) is 26.7 Å². The van der Waals surface area contributed by atoms with Crippen LogP contribution < -0.4 is 0 Å². The Hall–Kier alpha value is -0.660. The van der Waals surface area contributed by atoms with Crippen molar-refractivity contribution in [3.8, 4) is 0 Å². The van der Waals surface area contributed by atoms with Gasteiger partial charge in [0, 0.05) is 11.8 Å². The minimum Gasteiger partial charge on any atom is -0.292 e. The van der Waals surface area contributed by atoms with Crippen LogP contribution in [0.4, 0.5) is 0 Å². The molecular weight excluding hydrogens is 184 g/mol. The first-order valence-corrected chi connectivity index (χ1v) is 6.22. The van der Waals surface area contributed by atoms with Crippen molar-refractivity contribution >= 4 is 11.9 Å². The first-order valence-electron chi connectivity index (χ1n) is 6.22. The first kappa shape index (κ1) is 12.4. The monoisotopic (exact) mass is 208 g/mol. The van der Waals surface area contributed by atoms with Gasteiger partial charge in [0.2, 0.25) is 0 Å². The van der Waals surface area contributed by atoms with Crippen LogP contribution in [0.2, 0.25) is 0 Å². The van der Waals surface area contributed by atoms with Crippen molar-refractivity contribution in [2.75, 3.05) is 6.54 Å². The van der Waals surface area contributed by atoms with Crippen LogP contribution in [0, 0.1) is 5.92 Å². The van der Waals surface area contributed by atoms with Crippen LogP contribution in [-0.2, 0) is 0 Å². The topological polar surface area (TPSA) is 24.7 Å². The van der Waals surface area contributed by atoms with Crippen LogP contribution in [-0.4, -0.2) is 24.5 Å². The van der Waals surface area contributed by atoms with Gasteiger partial charge in [-0.3, -0.25) is 9.98 Å². The van der Waals surface area contributed by atoms with Gasteiger partial charge in [-0.25, -0.2) is 0 Å². The summed E-state index contributed by atoms with van der Waals surface area (Å²) in [5.41, 5.74) is 1.30. The maximum absolute atomic E-state index is 4.74. The van der Waals surface area contributed by atoms with E-state index in [0.29, 0.717) is 6.04 Å². The van der Waals surface area contributed by atoms with Crippen LogP contribution in [0.25, 0.3) is 0 Å². The summed E-state index contributed by atoms with van der Waals surface area (Å²) in [6, 6.07) is 0.493. The predicted octanol–water partition coefficient (Wildman–Crippen LogP) is 3.51. The summed E-state index contributed by atoms with van der Waals surface area (Å²) in [7, 11) is 0. The summed E-state index contributed by atoms with van der Waals surface area (Å²) >= 11 is 0. The molecule has 0 aromatic rings. The molecule has 0 bridgehead atoms. The Morgan fingerprint density at radius 3 is 2.73 bits per heavy atom. The highest BCUT2D eigenvalue weighted by Crippen LogP contribution is 2.11. The van der Waals surface area contributed by atoms with E-state index < -0.39 is 0 Å². The average molecular weight is 208 g/mol. The molecule has 1 aliphatic rings. The van der Waals surface area contributed by atoms with E-state index in [9.17, 15) is 0 Å². The van der Waals surface area contributed by atoms with Crippen molar-refractivity contribution in [2.45, 2.75) is 58.9 Å². The van der Waals surface area contributed by atoms with E-state index >= 15 is 0 Å². The number of hydrogen-bond acceptors (Lipinski definition) is 2. The van der Waals surface area contributed by atoms with Gasteiger partial charge >= 0.3 is 0 Å². The maximum Gasteiger partial charge on any atom is 0.0764 e. The van der Waals surface area contributed by atoms with Crippen LogP contribution >= 0.6 is 0 Å². The van der Waals surface area contributed by atoms with Gasteiger partial charge in [-0.15, -0.1) is 0 Å². The smallest absolute Gasteiger partial charge is 0.0764 e. The lowest BCUT2D eigenvalue weighted by molar-refractivity contribution is 0.511. The molecule has 0 saturated heterocycles. The predicted molar refractivity (Wildman–Crippen MR) is 68.2 cm³/mol. The lowest BCUT2D eigenvalue weighted by Gasteiger charge is -2.12. The Labute approximate surface area is 93.9 Å². The van der Waals surface area contributed by atoms with E-state index in [-0.39, 0.29) is 0 Å². The summed E-state index contributed by atoms with van der Waals surface area (Å²) in [5.74, 6) is 0.823. The molecule has 0 saturated carbocycles. The average Bonchev–Trinajstić information content (AvgIpc) is 2.18. The molecule has 2 heteroatoms.